The van der Waals surface area contributed by atoms with Crippen LogP contribution in [0.1, 0.15) is 18.9 Å². The minimum atomic E-state index is -4.03. The molecule has 0 unspecified atom stereocenters. The summed E-state index contributed by atoms with van der Waals surface area (Å²) in [4.78, 5) is 2.02. The van der Waals surface area contributed by atoms with Crippen molar-refractivity contribution in [2.75, 3.05) is 14.2 Å². The van der Waals surface area contributed by atoms with E-state index in [1.54, 1.807) is 6.92 Å². The Morgan fingerprint density at radius 3 is 2.46 bits per heavy atom. The topological polar surface area (TPSA) is 117 Å². The molecule has 0 aromatic heterocycles. The van der Waals surface area contributed by atoms with Gasteiger partial charge in [-0.25, -0.2) is 0 Å². The lowest BCUT2D eigenvalue weighted by Gasteiger charge is -2.12. The van der Waals surface area contributed by atoms with Gasteiger partial charge in [0.05, 0.1) is 19.9 Å². The number of hydrogen-bond acceptors (Lipinski definition) is 7. The summed E-state index contributed by atoms with van der Waals surface area (Å²) in [7, 11) is -1.22. The van der Waals surface area contributed by atoms with Crippen molar-refractivity contribution in [3.05, 3.63) is 42.0 Å². The highest BCUT2D eigenvalue weighted by molar-refractivity contribution is 7.89. The Kier molecular flexibility index (Phi) is 5.93. The van der Waals surface area contributed by atoms with Gasteiger partial charge in [-0.1, -0.05) is 6.92 Å². The fourth-order valence-corrected chi connectivity index (χ4v) is 3.23. The smallest absolute Gasteiger partial charge is 0.280 e. The lowest BCUT2D eigenvalue weighted by Crippen LogP contribution is -2.21. The van der Waals surface area contributed by atoms with E-state index >= 15 is 0 Å². The average Bonchev–Trinajstić information content (AvgIpc) is 2.64. The Morgan fingerprint density at radius 1 is 1.12 bits per heavy atom. The molecular weight excluding hydrogens is 360 g/mol. The monoisotopic (exact) mass is 380 g/mol. The molecular formula is C17H20N2O6S. The van der Waals surface area contributed by atoms with E-state index in [4.69, 9.17) is 9.47 Å². The molecule has 140 valence electrons. The predicted molar refractivity (Wildman–Crippen MR) is 96.5 cm³/mol. The number of hydrazone groups is 1. The van der Waals surface area contributed by atoms with Gasteiger partial charge in [-0.15, -0.1) is 0 Å². The fraction of sp³-hybridized carbons (Fsp3) is 0.235. The first-order chi connectivity index (χ1) is 12.3. The molecule has 0 radical (unpaired) electrons. The molecule has 2 rings (SSSR count). The molecule has 9 heteroatoms. The summed E-state index contributed by atoms with van der Waals surface area (Å²) in [6.07, 6.45) is 0.319. The van der Waals surface area contributed by atoms with Crippen LogP contribution in [0.3, 0.4) is 0 Å². The molecule has 2 aromatic carbocycles. The number of hydrogen-bond donors (Lipinski definition) is 3. The average molecular weight is 380 g/mol. The van der Waals surface area contributed by atoms with Crippen LogP contribution in [0.5, 0.6) is 23.0 Å². The van der Waals surface area contributed by atoms with Crippen molar-refractivity contribution < 1.29 is 28.1 Å². The Bertz CT molecular complexity index is 925. The number of phenolic OH excluding ortho intramolecular Hbond substituents is 2. The fourth-order valence-electron chi connectivity index (χ4n) is 2.25. The second-order valence-corrected chi connectivity index (χ2v) is 6.85. The largest absolute Gasteiger partial charge is 0.508 e. The van der Waals surface area contributed by atoms with Gasteiger partial charge in [-0.3, -0.25) is 0 Å². The maximum atomic E-state index is 12.6. The van der Waals surface area contributed by atoms with Crippen LogP contribution in [0, 0.1) is 0 Å². The van der Waals surface area contributed by atoms with E-state index in [2.05, 4.69) is 9.93 Å². The van der Waals surface area contributed by atoms with Crippen LogP contribution >= 0.6 is 0 Å². The third-order valence-electron chi connectivity index (χ3n) is 3.59. The van der Waals surface area contributed by atoms with Gasteiger partial charge in [0, 0.05) is 11.6 Å². The van der Waals surface area contributed by atoms with Gasteiger partial charge >= 0.3 is 0 Å². The van der Waals surface area contributed by atoms with Crippen LogP contribution in [-0.2, 0) is 10.0 Å². The standard InChI is InChI=1S/C17H20N2O6S/c1-4-14(13-9-11(20)5-7-15(13)21)18-19-26(22,23)17-8-6-12(24-2)10-16(17)25-3/h5-10,19-21H,4H2,1-3H3. The maximum Gasteiger partial charge on any atom is 0.280 e. The van der Waals surface area contributed by atoms with Gasteiger partial charge < -0.3 is 19.7 Å². The first-order valence-corrected chi connectivity index (χ1v) is 9.13. The highest BCUT2D eigenvalue weighted by Crippen LogP contribution is 2.28. The number of aromatic hydroxyl groups is 2. The number of methoxy groups -OCH3 is 2. The normalized spacial score (nSPS) is 11.9. The first kappa shape index (κ1) is 19.4. The van der Waals surface area contributed by atoms with Crippen molar-refractivity contribution in [2.45, 2.75) is 18.2 Å². The number of rotatable bonds is 7. The molecule has 0 amide bonds. The molecule has 0 saturated carbocycles. The van der Waals surface area contributed by atoms with E-state index < -0.39 is 10.0 Å². The number of nitrogens with one attached hydrogen (secondary N) is 1. The predicted octanol–water partition coefficient (Wildman–Crippen LogP) is 2.21. The highest BCUT2D eigenvalue weighted by Gasteiger charge is 2.20. The van der Waals surface area contributed by atoms with E-state index in [-0.39, 0.29) is 33.4 Å². The third kappa shape index (κ3) is 4.17. The maximum absolute atomic E-state index is 12.6. The molecule has 0 bridgehead atoms. The molecule has 2 aromatic rings. The quantitative estimate of drug-likeness (QED) is 0.385. The van der Waals surface area contributed by atoms with E-state index in [1.165, 1.54) is 50.6 Å². The third-order valence-corrected chi connectivity index (χ3v) is 4.83. The van der Waals surface area contributed by atoms with E-state index in [0.29, 0.717) is 12.2 Å². The SMILES string of the molecule is CCC(=NNS(=O)(=O)c1ccc(OC)cc1OC)c1cc(O)ccc1O. The van der Waals surface area contributed by atoms with E-state index in [0.717, 1.165) is 0 Å². The van der Waals surface area contributed by atoms with Gasteiger partial charge in [-0.05, 0) is 36.8 Å². The Morgan fingerprint density at radius 2 is 1.85 bits per heavy atom. The molecule has 0 spiro atoms. The summed E-state index contributed by atoms with van der Waals surface area (Å²) in [6, 6.07) is 8.20. The zero-order chi connectivity index (χ0) is 19.3. The molecule has 8 nitrogen and oxygen atoms in total. The molecule has 3 N–H and O–H groups in total. The molecule has 0 fully saturated rings. The van der Waals surface area contributed by atoms with Crippen molar-refractivity contribution in [3.63, 3.8) is 0 Å². The van der Waals surface area contributed by atoms with Gasteiger partial charge in [0.1, 0.15) is 27.9 Å². The lowest BCUT2D eigenvalue weighted by molar-refractivity contribution is 0.386. The van der Waals surface area contributed by atoms with Crippen molar-refractivity contribution in [1.29, 1.82) is 0 Å². The summed E-state index contributed by atoms with van der Waals surface area (Å²) < 4.78 is 35.3. The van der Waals surface area contributed by atoms with Crippen molar-refractivity contribution in [3.8, 4) is 23.0 Å². The number of nitrogens with zero attached hydrogens (tertiary/aromatic N) is 1. The van der Waals surface area contributed by atoms with Crippen LogP contribution in [0.2, 0.25) is 0 Å². The van der Waals surface area contributed by atoms with Crippen LogP contribution in [0.4, 0.5) is 0 Å². The summed E-state index contributed by atoms with van der Waals surface area (Å²) in [5.74, 6) is 0.358. The van der Waals surface area contributed by atoms with Crippen molar-refractivity contribution >= 4 is 15.7 Å². The molecule has 0 atom stereocenters. The molecule has 26 heavy (non-hydrogen) atoms. The molecule has 0 heterocycles. The van der Waals surface area contributed by atoms with Gasteiger partial charge in [0.15, 0.2) is 0 Å². The second kappa shape index (κ2) is 7.96. The zero-order valence-electron chi connectivity index (χ0n) is 14.6. The summed E-state index contributed by atoms with van der Waals surface area (Å²) in [5.41, 5.74) is 0.492. The molecule has 0 aliphatic heterocycles. The van der Waals surface area contributed by atoms with Crippen LogP contribution in [-0.4, -0.2) is 38.6 Å². The second-order valence-electron chi connectivity index (χ2n) is 5.23. The van der Waals surface area contributed by atoms with Gasteiger partial charge in [0.25, 0.3) is 10.0 Å². The van der Waals surface area contributed by atoms with Gasteiger partial charge in [-0.2, -0.15) is 18.4 Å². The summed E-state index contributed by atoms with van der Waals surface area (Å²) in [6.45, 7) is 1.74. The molecule has 0 aliphatic rings. The Hall–Kier alpha value is -2.94. The minimum absolute atomic E-state index is 0.0707. The van der Waals surface area contributed by atoms with Crippen LogP contribution in [0.25, 0.3) is 0 Å². The zero-order valence-corrected chi connectivity index (χ0v) is 15.4. The molecule has 0 aliphatic carbocycles. The van der Waals surface area contributed by atoms with Crippen LogP contribution < -0.4 is 14.3 Å². The highest BCUT2D eigenvalue weighted by atomic mass is 32.2. The Balaban J connectivity index is 2.39. The van der Waals surface area contributed by atoms with Crippen molar-refractivity contribution in [2.24, 2.45) is 5.10 Å². The van der Waals surface area contributed by atoms with Crippen molar-refractivity contribution in [1.82, 2.24) is 4.83 Å². The summed E-state index contributed by atoms with van der Waals surface area (Å²) >= 11 is 0. The van der Waals surface area contributed by atoms with Gasteiger partial charge in [0.2, 0.25) is 0 Å². The summed E-state index contributed by atoms with van der Waals surface area (Å²) in [5, 5.41) is 23.4. The number of sulfonamides is 1. The van der Waals surface area contributed by atoms with E-state index in [1.807, 2.05) is 0 Å². The lowest BCUT2D eigenvalue weighted by atomic mass is 10.1. The number of phenols is 2. The minimum Gasteiger partial charge on any atom is -0.508 e. The van der Waals surface area contributed by atoms with Crippen LogP contribution in [0.15, 0.2) is 46.4 Å². The number of ether oxygens (including phenoxy) is 2. The molecule has 0 saturated heterocycles. The Labute approximate surface area is 151 Å². The first-order valence-electron chi connectivity index (χ1n) is 7.65. The van der Waals surface area contributed by atoms with E-state index in [9.17, 15) is 18.6 Å². The number of benzene rings is 2.